The molecule has 2 nitrogen and oxygen atoms in total. The summed E-state index contributed by atoms with van der Waals surface area (Å²) in [4.78, 5) is 4.22. The number of aromatic nitrogens is 2. The molecule has 1 rings (SSSR count). The molecule has 60 valence electrons. The van der Waals surface area contributed by atoms with Crippen molar-refractivity contribution < 1.29 is 0 Å². The molecule has 0 amide bonds. The van der Waals surface area contributed by atoms with Gasteiger partial charge in [0, 0.05) is 25.9 Å². The maximum absolute atomic E-state index is 4.22. The molecule has 0 atom stereocenters. The highest BCUT2D eigenvalue weighted by molar-refractivity contribution is 4.91. The summed E-state index contributed by atoms with van der Waals surface area (Å²) in [5.41, 5.74) is 0. The van der Waals surface area contributed by atoms with E-state index in [1.807, 2.05) is 25.5 Å². The number of aryl methyl sites for hydroxylation is 2. The third kappa shape index (κ3) is 2.22. The molecule has 11 heavy (non-hydrogen) atoms. The zero-order chi connectivity index (χ0) is 8.10. The van der Waals surface area contributed by atoms with Gasteiger partial charge in [-0.25, -0.2) is 4.98 Å². The van der Waals surface area contributed by atoms with E-state index in [-0.39, 0.29) is 0 Å². The van der Waals surface area contributed by atoms with Crippen molar-refractivity contribution in [3.05, 3.63) is 30.9 Å². The minimum atomic E-state index is 1.05. The second-order valence-corrected chi connectivity index (χ2v) is 2.64. The summed E-state index contributed by atoms with van der Waals surface area (Å²) in [6.45, 7) is 3.67. The fourth-order valence-electron chi connectivity index (χ4n) is 1.04. The number of hydrogen-bond donors (Lipinski definition) is 0. The van der Waals surface area contributed by atoms with E-state index in [4.69, 9.17) is 0 Å². The van der Waals surface area contributed by atoms with Crippen molar-refractivity contribution in [3.8, 4) is 0 Å². The predicted molar refractivity (Wildman–Crippen MR) is 46.3 cm³/mol. The lowest BCUT2D eigenvalue weighted by Gasteiger charge is -1.98. The van der Waals surface area contributed by atoms with Crippen LogP contribution in [0.1, 0.15) is 18.7 Å². The van der Waals surface area contributed by atoms with Gasteiger partial charge in [-0.05, 0) is 12.8 Å². The molecule has 0 aromatic carbocycles. The minimum Gasteiger partial charge on any atom is -0.338 e. The van der Waals surface area contributed by atoms with Crippen LogP contribution in [0.15, 0.2) is 25.0 Å². The largest absolute Gasteiger partial charge is 0.338 e. The average molecular weight is 150 g/mol. The Morgan fingerprint density at radius 3 is 3.09 bits per heavy atom. The van der Waals surface area contributed by atoms with Crippen molar-refractivity contribution in [2.45, 2.75) is 19.3 Å². The first-order valence-electron chi connectivity index (χ1n) is 3.91. The number of unbranched alkanes of at least 4 members (excludes halogenated alkanes) is 1. The smallest absolute Gasteiger partial charge is 0.108 e. The van der Waals surface area contributed by atoms with Crippen LogP contribution in [0.25, 0.3) is 0 Å². The van der Waals surface area contributed by atoms with E-state index >= 15 is 0 Å². The van der Waals surface area contributed by atoms with Gasteiger partial charge in [0.25, 0.3) is 0 Å². The molecule has 0 aliphatic carbocycles. The second kappa shape index (κ2) is 3.96. The van der Waals surface area contributed by atoms with Crippen LogP contribution >= 0.6 is 0 Å². The normalized spacial score (nSPS) is 9.91. The maximum atomic E-state index is 4.22. The number of allylic oxidation sites excluding steroid dienone is 1. The van der Waals surface area contributed by atoms with Crippen LogP contribution in [0.3, 0.4) is 0 Å². The van der Waals surface area contributed by atoms with Gasteiger partial charge in [0.1, 0.15) is 5.82 Å². The molecule has 1 aromatic heterocycles. The number of hydrogen-bond acceptors (Lipinski definition) is 1. The van der Waals surface area contributed by atoms with Crippen molar-refractivity contribution in [3.63, 3.8) is 0 Å². The van der Waals surface area contributed by atoms with E-state index in [0.717, 1.165) is 25.1 Å². The maximum Gasteiger partial charge on any atom is 0.108 e. The van der Waals surface area contributed by atoms with Crippen LogP contribution in [-0.4, -0.2) is 9.55 Å². The van der Waals surface area contributed by atoms with Gasteiger partial charge in [0.2, 0.25) is 0 Å². The first-order valence-corrected chi connectivity index (χ1v) is 3.91. The minimum absolute atomic E-state index is 1.05. The number of imidazole rings is 1. The lowest BCUT2D eigenvalue weighted by molar-refractivity contribution is 0.732. The van der Waals surface area contributed by atoms with Crippen LogP contribution in [0.5, 0.6) is 0 Å². The topological polar surface area (TPSA) is 17.8 Å². The highest BCUT2D eigenvalue weighted by Gasteiger charge is 1.96. The van der Waals surface area contributed by atoms with Crippen LogP contribution < -0.4 is 0 Å². The van der Waals surface area contributed by atoms with Gasteiger partial charge in [0.05, 0.1) is 0 Å². The molecule has 1 aromatic rings. The molecule has 0 saturated heterocycles. The van der Waals surface area contributed by atoms with Crippen molar-refractivity contribution in [1.29, 1.82) is 0 Å². The molecule has 0 spiro atoms. The summed E-state index contributed by atoms with van der Waals surface area (Å²) in [7, 11) is 2.02. The van der Waals surface area contributed by atoms with Crippen molar-refractivity contribution in [1.82, 2.24) is 9.55 Å². The Kier molecular flexibility index (Phi) is 2.90. The Hall–Kier alpha value is -1.05. The van der Waals surface area contributed by atoms with E-state index in [9.17, 15) is 0 Å². The molecule has 1 heterocycles. The Morgan fingerprint density at radius 2 is 2.55 bits per heavy atom. The zero-order valence-corrected chi connectivity index (χ0v) is 6.95. The molecule has 0 saturated carbocycles. The second-order valence-electron chi connectivity index (χ2n) is 2.64. The molecule has 0 aliphatic heterocycles. The first kappa shape index (κ1) is 8.05. The molecule has 0 aliphatic rings. The monoisotopic (exact) mass is 150 g/mol. The number of rotatable bonds is 4. The summed E-state index contributed by atoms with van der Waals surface area (Å²) in [6, 6.07) is 0. The van der Waals surface area contributed by atoms with Gasteiger partial charge in [-0.1, -0.05) is 6.08 Å². The highest BCUT2D eigenvalue weighted by atomic mass is 15.0. The molecule has 0 N–H and O–H groups in total. The summed E-state index contributed by atoms with van der Waals surface area (Å²) in [5, 5.41) is 0. The summed E-state index contributed by atoms with van der Waals surface area (Å²) >= 11 is 0. The van der Waals surface area contributed by atoms with Crippen molar-refractivity contribution >= 4 is 0 Å². The Balaban J connectivity index is 2.38. The third-order valence-corrected chi connectivity index (χ3v) is 1.73. The quantitative estimate of drug-likeness (QED) is 0.473. The SMILES string of the molecule is C=CCCCc1nccn1C. The van der Waals surface area contributed by atoms with E-state index in [0.29, 0.717) is 0 Å². The van der Waals surface area contributed by atoms with Gasteiger partial charge in [-0.2, -0.15) is 0 Å². The van der Waals surface area contributed by atoms with Crippen LogP contribution in [0, 0.1) is 0 Å². The Bertz CT molecular complexity index is 225. The predicted octanol–water partition coefficient (Wildman–Crippen LogP) is 1.93. The van der Waals surface area contributed by atoms with Crippen molar-refractivity contribution in [2.75, 3.05) is 0 Å². The fraction of sp³-hybridized carbons (Fsp3) is 0.444. The Morgan fingerprint density at radius 1 is 1.73 bits per heavy atom. The molecule has 0 fully saturated rings. The zero-order valence-electron chi connectivity index (χ0n) is 6.95. The van der Waals surface area contributed by atoms with Crippen molar-refractivity contribution in [2.24, 2.45) is 7.05 Å². The molecule has 2 heteroatoms. The summed E-state index contributed by atoms with van der Waals surface area (Å²) < 4.78 is 2.06. The molecule has 0 radical (unpaired) electrons. The van der Waals surface area contributed by atoms with Gasteiger partial charge in [-0.15, -0.1) is 6.58 Å². The van der Waals surface area contributed by atoms with E-state index in [1.54, 1.807) is 0 Å². The lowest BCUT2D eigenvalue weighted by Crippen LogP contribution is -1.96. The van der Waals surface area contributed by atoms with Gasteiger partial charge >= 0.3 is 0 Å². The standard InChI is InChI=1S/C9H14N2/c1-3-4-5-6-9-10-7-8-11(9)2/h3,7-8H,1,4-6H2,2H3. The average Bonchev–Trinajstić information content (AvgIpc) is 2.37. The van der Waals surface area contributed by atoms with Gasteiger partial charge < -0.3 is 4.57 Å². The van der Waals surface area contributed by atoms with Gasteiger partial charge in [0.15, 0.2) is 0 Å². The molecule has 0 unspecified atom stereocenters. The molecular weight excluding hydrogens is 136 g/mol. The van der Waals surface area contributed by atoms with Crippen LogP contribution in [-0.2, 0) is 13.5 Å². The molecule has 0 bridgehead atoms. The van der Waals surface area contributed by atoms with Crippen LogP contribution in [0.2, 0.25) is 0 Å². The van der Waals surface area contributed by atoms with Gasteiger partial charge in [-0.3, -0.25) is 0 Å². The fourth-order valence-corrected chi connectivity index (χ4v) is 1.04. The first-order chi connectivity index (χ1) is 5.34. The van der Waals surface area contributed by atoms with E-state index in [1.165, 1.54) is 0 Å². The van der Waals surface area contributed by atoms with E-state index < -0.39 is 0 Å². The summed E-state index contributed by atoms with van der Waals surface area (Å²) in [5.74, 6) is 1.16. The highest BCUT2D eigenvalue weighted by Crippen LogP contribution is 2.01. The van der Waals surface area contributed by atoms with E-state index in [2.05, 4.69) is 16.1 Å². The number of nitrogens with zero attached hydrogens (tertiary/aromatic N) is 2. The summed E-state index contributed by atoms with van der Waals surface area (Å²) in [6.07, 6.45) is 9.03. The molecular formula is C9H14N2. The Labute approximate surface area is 67.6 Å². The van der Waals surface area contributed by atoms with Crippen LogP contribution in [0.4, 0.5) is 0 Å². The third-order valence-electron chi connectivity index (χ3n) is 1.73. The lowest BCUT2D eigenvalue weighted by atomic mass is 10.2.